The lowest BCUT2D eigenvalue weighted by molar-refractivity contribution is -0.137. The van der Waals surface area contributed by atoms with Gasteiger partial charge in [0.2, 0.25) is 0 Å². The third-order valence-corrected chi connectivity index (χ3v) is 4.96. The molecule has 3 rings (SSSR count). The van der Waals surface area contributed by atoms with E-state index in [4.69, 9.17) is 4.74 Å². The van der Waals surface area contributed by atoms with Gasteiger partial charge < -0.3 is 10.1 Å². The lowest BCUT2D eigenvalue weighted by Gasteiger charge is -2.33. The molecule has 0 radical (unpaired) electrons. The highest BCUT2D eigenvalue weighted by Gasteiger charge is 2.30. The zero-order valence-electron chi connectivity index (χ0n) is 16.1. The van der Waals surface area contributed by atoms with Gasteiger partial charge in [0.1, 0.15) is 0 Å². The number of carbonyl (C=O) groups excluding carboxylic acids is 1. The van der Waals surface area contributed by atoms with Crippen LogP contribution in [0.5, 0.6) is 0 Å². The average molecular weight is 406 g/mol. The van der Waals surface area contributed by atoms with E-state index in [1.807, 2.05) is 18.2 Å². The number of hydrogen-bond donors (Lipinski definition) is 1. The predicted molar refractivity (Wildman–Crippen MR) is 105 cm³/mol. The topological polar surface area (TPSA) is 41.6 Å². The molecule has 4 nitrogen and oxygen atoms in total. The Morgan fingerprint density at radius 1 is 1.10 bits per heavy atom. The van der Waals surface area contributed by atoms with Gasteiger partial charge in [-0.2, -0.15) is 13.2 Å². The number of nitrogens with one attached hydrogen (secondary N) is 1. The second kappa shape index (κ2) is 9.89. The molecule has 1 aliphatic heterocycles. The van der Waals surface area contributed by atoms with E-state index in [2.05, 4.69) is 22.3 Å². The summed E-state index contributed by atoms with van der Waals surface area (Å²) >= 11 is 0. The molecule has 0 spiro atoms. The number of hydrogen-bond acceptors (Lipinski definition) is 3. The van der Waals surface area contributed by atoms with Crippen molar-refractivity contribution < 1.29 is 22.7 Å². The van der Waals surface area contributed by atoms with E-state index in [-0.39, 0.29) is 11.7 Å². The number of carbonyl (C=O) groups is 1. The summed E-state index contributed by atoms with van der Waals surface area (Å²) in [6.45, 7) is 3.72. The molecule has 2 aromatic carbocycles. The van der Waals surface area contributed by atoms with Crippen LogP contribution in [-0.4, -0.2) is 43.6 Å². The molecule has 0 bridgehead atoms. The predicted octanol–water partition coefficient (Wildman–Crippen LogP) is 4.29. The number of alkyl halides is 3. The van der Waals surface area contributed by atoms with Crippen LogP contribution in [0.2, 0.25) is 0 Å². The number of amides is 1. The lowest BCUT2D eigenvalue weighted by Crippen LogP contribution is -2.39. The second-order valence-corrected chi connectivity index (χ2v) is 7.11. The zero-order chi connectivity index (χ0) is 20.7. The highest BCUT2D eigenvalue weighted by Crippen LogP contribution is 2.29. The summed E-state index contributed by atoms with van der Waals surface area (Å²) in [7, 11) is 0. The van der Waals surface area contributed by atoms with Crippen LogP contribution in [0.25, 0.3) is 0 Å². The first-order chi connectivity index (χ1) is 13.9. The van der Waals surface area contributed by atoms with Crippen molar-refractivity contribution in [2.24, 2.45) is 0 Å². The Kier molecular flexibility index (Phi) is 7.28. The molecule has 0 saturated carbocycles. The molecular weight excluding hydrogens is 381 g/mol. The van der Waals surface area contributed by atoms with Crippen molar-refractivity contribution in [2.45, 2.75) is 25.1 Å². The molecule has 29 heavy (non-hydrogen) atoms. The Hall–Kier alpha value is -2.38. The molecule has 1 aliphatic rings. The molecule has 2 aromatic rings. The first-order valence-corrected chi connectivity index (χ1v) is 9.78. The van der Waals surface area contributed by atoms with Crippen LogP contribution in [0.4, 0.5) is 13.2 Å². The zero-order valence-corrected chi connectivity index (χ0v) is 16.1. The van der Waals surface area contributed by atoms with Crippen LogP contribution in [0, 0.1) is 0 Å². The Morgan fingerprint density at radius 3 is 2.66 bits per heavy atom. The Bertz CT molecular complexity index is 796. The molecule has 0 aliphatic carbocycles. The SMILES string of the molecule is O=C(NCCCCN1CCO[C@H](c2ccccc2)C1)c1cccc(C(F)(F)F)c1. The molecule has 0 aromatic heterocycles. The second-order valence-electron chi connectivity index (χ2n) is 7.11. The highest BCUT2D eigenvalue weighted by molar-refractivity contribution is 5.94. The summed E-state index contributed by atoms with van der Waals surface area (Å²) in [6.07, 6.45) is -2.72. The number of ether oxygens (including phenoxy) is 1. The molecule has 156 valence electrons. The van der Waals surface area contributed by atoms with Gasteiger partial charge in [-0.05, 0) is 43.1 Å². The largest absolute Gasteiger partial charge is 0.416 e. The summed E-state index contributed by atoms with van der Waals surface area (Å²) in [5.74, 6) is -0.480. The van der Waals surface area contributed by atoms with Crippen molar-refractivity contribution >= 4 is 5.91 Å². The summed E-state index contributed by atoms with van der Waals surface area (Å²) in [4.78, 5) is 14.4. The number of unbranched alkanes of at least 4 members (excludes halogenated alkanes) is 1. The van der Waals surface area contributed by atoms with E-state index in [1.165, 1.54) is 17.7 Å². The minimum atomic E-state index is -4.45. The maximum Gasteiger partial charge on any atom is 0.416 e. The van der Waals surface area contributed by atoms with Crippen molar-refractivity contribution in [2.75, 3.05) is 32.8 Å². The van der Waals surface area contributed by atoms with Crippen molar-refractivity contribution in [1.82, 2.24) is 10.2 Å². The van der Waals surface area contributed by atoms with Crippen molar-refractivity contribution in [3.05, 3.63) is 71.3 Å². The van der Waals surface area contributed by atoms with Gasteiger partial charge in [0.25, 0.3) is 5.91 Å². The number of halogens is 3. The maximum atomic E-state index is 12.8. The minimum Gasteiger partial charge on any atom is -0.371 e. The van der Waals surface area contributed by atoms with Crippen molar-refractivity contribution in [1.29, 1.82) is 0 Å². The maximum absolute atomic E-state index is 12.8. The fourth-order valence-electron chi connectivity index (χ4n) is 3.38. The standard InChI is InChI=1S/C22H25F3N2O2/c23-22(24,25)19-10-6-9-18(15-19)21(28)26-11-4-5-12-27-13-14-29-20(16-27)17-7-2-1-3-8-17/h1-3,6-10,15,20H,4-5,11-14,16H2,(H,26,28)/t20-/m0/s1. The van der Waals surface area contributed by atoms with E-state index < -0.39 is 17.6 Å². The Balaban J connectivity index is 1.38. The third-order valence-electron chi connectivity index (χ3n) is 4.96. The molecule has 7 heteroatoms. The Morgan fingerprint density at radius 2 is 1.90 bits per heavy atom. The van der Waals surface area contributed by atoms with Gasteiger partial charge in [-0.1, -0.05) is 36.4 Å². The summed E-state index contributed by atoms with van der Waals surface area (Å²) in [5.41, 5.74) is 0.384. The summed E-state index contributed by atoms with van der Waals surface area (Å²) in [5, 5.41) is 2.70. The molecule has 1 atom stereocenters. The first-order valence-electron chi connectivity index (χ1n) is 9.78. The van der Waals surface area contributed by atoms with Gasteiger partial charge in [-0.15, -0.1) is 0 Å². The van der Waals surface area contributed by atoms with E-state index in [9.17, 15) is 18.0 Å². The van der Waals surface area contributed by atoms with E-state index >= 15 is 0 Å². The van der Waals surface area contributed by atoms with Gasteiger partial charge in [0.15, 0.2) is 0 Å². The van der Waals surface area contributed by atoms with E-state index in [1.54, 1.807) is 0 Å². The van der Waals surface area contributed by atoms with Gasteiger partial charge in [0, 0.05) is 25.2 Å². The van der Waals surface area contributed by atoms with Crippen LogP contribution < -0.4 is 5.32 Å². The highest BCUT2D eigenvalue weighted by atomic mass is 19.4. The fourth-order valence-corrected chi connectivity index (χ4v) is 3.38. The minimum absolute atomic E-state index is 0.0266. The number of morpholine rings is 1. The first kappa shape index (κ1) is 21.3. The molecule has 0 unspecified atom stereocenters. The number of rotatable bonds is 7. The van der Waals surface area contributed by atoms with Crippen molar-refractivity contribution in [3.8, 4) is 0 Å². The smallest absolute Gasteiger partial charge is 0.371 e. The lowest BCUT2D eigenvalue weighted by atomic mass is 10.1. The molecular formula is C22H25F3N2O2. The van der Waals surface area contributed by atoms with Crippen LogP contribution in [-0.2, 0) is 10.9 Å². The summed E-state index contributed by atoms with van der Waals surface area (Å²) < 4.78 is 44.1. The molecule has 1 fully saturated rings. The van der Waals surface area contributed by atoms with Crippen molar-refractivity contribution in [3.63, 3.8) is 0 Å². The monoisotopic (exact) mass is 406 g/mol. The van der Waals surface area contributed by atoms with Gasteiger partial charge >= 0.3 is 6.18 Å². The summed E-state index contributed by atoms with van der Waals surface area (Å²) in [6, 6.07) is 14.6. The fraction of sp³-hybridized carbons (Fsp3) is 0.409. The van der Waals surface area contributed by atoms with Crippen LogP contribution >= 0.6 is 0 Å². The molecule has 1 saturated heterocycles. The van der Waals surface area contributed by atoms with Crippen LogP contribution in [0.15, 0.2) is 54.6 Å². The van der Waals surface area contributed by atoms with Gasteiger partial charge in [-0.3, -0.25) is 9.69 Å². The molecule has 1 heterocycles. The van der Waals surface area contributed by atoms with Gasteiger partial charge in [-0.25, -0.2) is 0 Å². The van der Waals surface area contributed by atoms with Crippen LogP contribution in [0.1, 0.15) is 40.4 Å². The number of nitrogens with zero attached hydrogens (tertiary/aromatic N) is 1. The van der Waals surface area contributed by atoms with Gasteiger partial charge in [0.05, 0.1) is 18.3 Å². The van der Waals surface area contributed by atoms with Crippen LogP contribution in [0.3, 0.4) is 0 Å². The Labute approximate surface area is 168 Å². The van der Waals surface area contributed by atoms with E-state index in [0.29, 0.717) is 13.2 Å². The quantitative estimate of drug-likeness (QED) is 0.698. The molecule has 1 N–H and O–H groups in total. The number of benzene rings is 2. The normalized spacial score (nSPS) is 17.8. The average Bonchev–Trinajstić information content (AvgIpc) is 2.74. The third kappa shape index (κ3) is 6.30. The molecule has 1 amide bonds. The van der Waals surface area contributed by atoms with E-state index in [0.717, 1.165) is 44.6 Å².